The van der Waals surface area contributed by atoms with E-state index in [2.05, 4.69) is 18.6 Å². The van der Waals surface area contributed by atoms with Gasteiger partial charge in [0.05, 0.1) is 11.5 Å². The molecule has 0 aliphatic carbocycles. The number of benzene rings is 2. The summed E-state index contributed by atoms with van der Waals surface area (Å²) in [6.45, 7) is 3.87. The number of aliphatic hydroxyl groups is 1. The van der Waals surface area contributed by atoms with E-state index in [1.807, 2.05) is 42.5 Å². The lowest BCUT2D eigenvalue weighted by atomic mass is 10.0. The highest BCUT2D eigenvalue weighted by atomic mass is 32.2. The Hall–Kier alpha value is -1.69. The van der Waals surface area contributed by atoms with E-state index in [9.17, 15) is 13.5 Å². The van der Waals surface area contributed by atoms with E-state index in [4.69, 9.17) is 0 Å². The first kappa shape index (κ1) is 17.7. The van der Waals surface area contributed by atoms with Crippen LogP contribution in [0.5, 0.6) is 0 Å². The minimum absolute atomic E-state index is 0.216. The van der Waals surface area contributed by atoms with Gasteiger partial charge < -0.3 is 5.11 Å². The summed E-state index contributed by atoms with van der Waals surface area (Å²) in [6.07, 6.45) is 0.445. The number of nitrogens with one attached hydrogen (secondary N) is 1. The van der Waals surface area contributed by atoms with Gasteiger partial charge >= 0.3 is 0 Å². The molecule has 2 aromatic carbocycles. The van der Waals surface area contributed by atoms with Crippen LogP contribution in [0.15, 0.2) is 59.5 Å². The molecule has 124 valence electrons. The van der Waals surface area contributed by atoms with Gasteiger partial charge in [0.2, 0.25) is 10.0 Å². The SMILES string of the molecule is CC(C)c1ccc(S(=O)(=O)NC(CO)Cc2ccccc2)cc1. The molecular formula is C18H23NO3S. The topological polar surface area (TPSA) is 66.4 Å². The van der Waals surface area contributed by atoms with E-state index in [1.54, 1.807) is 12.1 Å². The van der Waals surface area contributed by atoms with E-state index in [1.165, 1.54) is 0 Å². The number of aliphatic hydroxyl groups excluding tert-OH is 1. The highest BCUT2D eigenvalue weighted by Gasteiger charge is 2.20. The first-order valence-electron chi connectivity index (χ1n) is 7.69. The van der Waals surface area contributed by atoms with Crippen molar-refractivity contribution in [3.63, 3.8) is 0 Å². The van der Waals surface area contributed by atoms with Crippen molar-refractivity contribution >= 4 is 10.0 Å². The molecule has 2 rings (SSSR count). The predicted octanol–water partition coefficient (Wildman–Crippen LogP) is 2.69. The fourth-order valence-electron chi connectivity index (χ4n) is 2.36. The smallest absolute Gasteiger partial charge is 0.240 e. The van der Waals surface area contributed by atoms with Crippen molar-refractivity contribution in [1.82, 2.24) is 4.72 Å². The molecule has 2 N–H and O–H groups in total. The van der Waals surface area contributed by atoms with Crippen LogP contribution >= 0.6 is 0 Å². The molecule has 0 aliphatic heterocycles. The molecule has 23 heavy (non-hydrogen) atoms. The highest BCUT2D eigenvalue weighted by molar-refractivity contribution is 7.89. The molecule has 0 bridgehead atoms. The molecule has 0 heterocycles. The van der Waals surface area contributed by atoms with Crippen molar-refractivity contribution in [3.8, 4) is 0 Å². The predicted molar refractivity (Wildman–Crippen MR) is 91.9 cm³/mol. The molecule has 5 heteroatoms. The molecule has 1 atom stereocenters. The van der Waals surface area contributed by atoms with E-state index in [-0.39, 0.29) is 11.5 Å². The van der Waals surface area contributed by atoms with Crippen LogP contribution in [0.4, 0.5) is 0 Å². The monoisotopic (exact) mass is 333 g/mol. The number of rotatable bonds is 7. The standard InChI is InChI=1S/C18H23NO3S/c1-14(2)16-8-10-18(11-9-16)23(21,22)19-17(13-20)12-15-6-4-3-5-7-15/h3-11,14,17,19-20H,12-13H2,1-2H3. The summed E-state index contributed by atoms with van der Waals surface area (Å²) in [5, 5.41) is 9.49. The molecule has 1 unspecified atom stereocenters. The van der Waals surface area contributed by atoms with Gasteiger partial charge in [-0.3, -0.25) is 0 Å². The van der Waals surface area contributed by atoms with Crippen molar-refractivity contribution in [3.05, 3.63) is 65.7 Å². The second kappa shape index (κ2) is 7.73. The van der Waals surface area contributed by atoms with E-state index >= 15 is 0 Å². The number of hydrogen-bond acceptors (Lipinski definition) is 3. The zero-order chi connectivity index (χ0) is 16.9. The van der Waals surface area contributed by atoms with Gasteiger partial charge in [0.25, 0.3) is 0 Å². The second-order valence-corrected chi connectivity index (χ2v) is 7.63. The fourth-order valence-corrected chi connectivity index (χ4v) is 3.59. The van der Waals surface area contributed by atoms with Crippen molar-refractivity contribution in [1.29, 1.82) is 0 Å². The van der Waals surface area contributed by atoms with Crippen LogP contribution in [0, 0.1) is 0 Å². The Morgan fingerprint density at radius 2 is 1.61 bits per heavy atom. The quantitative estimate of drug-likeness (QED) is 0.819. The first-order chi connectivity index (χ1) is 10.9. The highest BCUT2D eigenvalue weighted by Crippen LogP contribution is 2.17. The lowest BCUT2D eigenvalue weighted by molar-refractivity contribution is 0.256. The average Bonchev–Trinajstić information content (AvgIpc) is 2.55. The largest absolute Gasteiger partial charge is 0.395 e. The molecule has 0 saturated carbocycles. The van der Waals surface area contributed by atoms with Crippen LogP contribution in [-0.4, -0.2) is 26.2 Å². The first-order valence-corrected chi connectivity index (χ1v) is 9.18. The van der Waals surface area contributed by atoms with Crippen LogP contribution in [0.2, 0.25) is 0 Å². The molecule has 2 aromatic rings. The molecule has 0 spiro atoms. The lowest BCUT2D eigenvalue weighted by Crippen LogP contribution is -2.39. The second-order valence-electron chi connectivity index (χ2n) is 5.91. The van der Waals surface area contributed by atoms with E-state index in [0.717, 1.165) is 11.1 Å². The van der Waals surface area contributed by atoms with Gasteiger partial charge in [-0.1, -0.05) is 56.3 Å². The van der Waals surface area contributed by atoms with Crippen LogP contribution in [-0.2, 0) is 16.4 Å². The molecule has 0 radical (unpaired) electrons. The van der Waals surface area contributed by atoms with Gasteiger partial charge in [-0.05, 0) is 35.6 Å². The van der Waals surface area contributed by atoms with Gasteiger partial charge in [-0.25, -0.2) is 13.1 Å². The average molecular weight is 333 g/mol. The molecule has 0 aliphatic rings. The zero-order valence-corrected chi connectivity index (χ0v) is 14.3. The lowest BCUT2D eigenvalue weighted by Gasteiger charge is -2.17. The van der Waals surface area contributed by atoms with Crippen molar-refractivity contribution in [2.45, 2.75) is 37.1 Å². The fraction of sp³-hybridized carbons (Fsp3) is 0.333. The van der Waals surface area contributed by atoms with Crippen LogP contribution < -0.4 is 4.72 Å². The summed E-state index contributed by atoms with van der Waals surface area (Å²) in [5.41, 5.74) is 2.07. The van der Waals surface area contributed by atoms with Gasteiger partial charge in [0, 0.05) is 6.04 Å². The Balaban J connectivity index is 2.12. The minimum Gasteiger partial charge on any atom is -0.395 e. The third-order valence-corrected chi connectivity index (χ3v) is 5.26. The summed E-state index contributed by atoms with van der Waals surface area (Å²) >= 11 is 0. The maximum Gasteiger partial charge on any atom is 0.240 e. The van der Waals surface area contributed by atoms with Crippen LogP contribution in [0.1, 0.15) is 30.9 Å². The van der Waals surface area contributed by atoms with Crippen molar-refractivity contribution in [2.75, 3.05) is 6.61 Å². The third kappa shape index (κ3) is 4.89. The summed E-state index contributed by atoms with van der Waals surface area (Å²) in [6, 6.07) is 15.8. The van der Waals surface area contributed by atoms with Crippen LogP contribution in [0.3, 0.4) is 0 Å². The van der Waals surface area contributed by atoms with Gasteiger partial charge in [0.1, 0.15) is 0 Å². The molecular weight excluding hydrogens is 310 g/mol. The third-order valence-electron chi connectivity index (χ3n) is 3.72. The number of sulfonamides is 1. The van der Waals surface area contributed by atoms with Crippen molar-refractivity contribution in [2.24, 2.45) is 0 Å². The Morgan fingerprint density at radius 1 is 1.00 bits per heavy atom. The molecule has 0 aromatic heterocycles. The van der Waals surface area contributed by atoms with E-state index in [0.29, 0.717) is 12.3 Å². The maximum absolute atomic E-state index is 12.5. The summed E-state index contributed by atoms with van der Waals surface area (Å²) in [4.78, 5) is 0.216. The Morgan fingerprint density at radius 3 is 2.13 bits per heavy atom. The van der Waals surface area contributed by atoms with Gasteiger partial charge in [0.15, 0.2) is 0 Å². The number of hydrogen-bond donors (Lipinski definition) is 2. The molecule has 0 fully saturated rings. The summed E-state index contributed by atoms with van der Waals surface area (Å²) < 4.78 is 27.5. The van der Waals surface area contributed by atoms with Gasteiger partial charge in [-0.2, -0.15) is 0 Å². The molecule has 0 saturated heterocycles. The summed E-state index contributed by atoms with van der Waals surface area (Å²) in [5.74, 6) is 0.350. The normalized spacial score (nSPS) is 13.2. The Bertz CT molecular complexity index is 710. The summed E-state index contributed by atoms with van der Waals surface area (Å²) in [7, 11) is -3.64. The Labute approximate surface area is 138 Å². The van der Waals surface area contributed by atoms with Crippen LogP contribution in [0.25, 0.3) is 0 Å². The molecule has 0 amide bonds. The minimum atomic E-state index is -3.64. The van der Waals surface area contributed by atoms with Gasteiger partial charge in [-0.15, -0.1) is 0 Å². The van der Waals surface area contributed by atoms with Crippen molar-refractivity contribution < 1.29 is 13.5 Å². The Kier molecular flexibility index (Phi) is 5.93. The molecule has 4 nitrogen and oxygen atoms in total. The maximum atomic E-state index is 12.5. The zero-order valence-electron chi connectivity index (χ0n) is 13.4. The van der Waals surface area contributed by atoms with E-state index < -0.39 is 16.1 Å².